The SMILES string of the molecule is CCCCCC/C=C\C/C=C\CCCCCCCC(=O)OCCCCC/C=C\CCCCCCCC(=O)NC(CO)C(O)/C=C/CCCCCCCCCCCCCCCCCCC. The molecule has 3 N–H and O–H groups in total. The fourth-order valence-corrected chi connectivity index (χ4v) is 8.25. The number of aliphatic hydroxyl groups is 2. The Balaban J connectivity index is 3.56. The highest BCUT2D eigenvalue weighted by Crippen LogP contribution is 2.16. The van der Waals surface area contributed by atoms with Crippen LogP contribution in [0.5, 0.6) is 0 Å². The van der Waals surface area contributed by atoms with Crippen molar-refractivity contribution in [1.82, 2.24) is 5.32 Å². The van der Waals surface area contributed by atoms with Gasteiger partial charge in [-0.25, -0.2) is 0 Å². The van der Waals surface area contributed by atoms with Crippen LogP contribution in [0.1, 0.15) is 284 Å². The molecule has 0 saturated carbocycles. The molecule has 0 fully saturated rings. The van der Waals surface area contributed by atoms with Crippen molar-refractivity contribution in [3.8, 4) is 0 Å². The molecule has 2 atom stereocenters. The van der Waals surface area contributed by atoms with Crippen molar-refractivity contribution >= 4 is 11.9 Å². The van der Waals surface area contributed by atoms with E-state index in [2.05, 4.69) is 55.6 Å². The summed E-state index contributed by atoms with van der Waals surface area (Å²) < 4.78 is 5.44. The topological polar surface area (TPSA) is 95.9 Å². The first-order valence-electron chi connectivity index (χ1n) is 27.9. The van der Waals surface area contributed by atoms with Crippen molar-refractivity contribution in [2.45, 2.75) is 296 Å². The summed E-state index contributed by atoms with van der Waals surface area (Å²) in [6.07, 6.45) is 66.9. The number of aliphatic hydroxyl groups excluding tert-OH is 2. The fourth-order valence-electron chi connectivity index (χ4n) is 8.25. The van der Waals surface area contributed by atoms with Crippen LogP contribution in [0.25, 0.3) is 0 Å². The van der Waals surface area contributed by atoms with E-state index in [1.807, 2.05) is 6.08 Å². The van der Waals surface area contributed by atoms with E-state index in [4.69, 9.17) is 4.74 Å². The van der Waals surface area contributed by atoms with E-state index < -0.39 is 12.1 Å². The highest BCUT2D eigenvalue weighted by Gasteiger charge is 2.18. The number of carbonyl (C=O) groups is 2. The lowest BCUT2D eigenvalue weighted by molar-refractivity contribution is -0.143. The van der Waals surface area contributed by atoms with Crippen LogP contribution in [0.4, 0.5) is 0 Å². The second kappa shape index (κ2) is 53.4. The highest BCUT2D eigenvalue weighted by molar-refractivity contribution is 5.76. The van der Waals surface area contributed by atoms with Crippen molar-refractivity contribution in [3.63, 3.8) is 0 Å². The monoisotopic (exact) mass is 898 g/mol. The molecule has 0 saturated heterocycles. The summed E-state index contributed by atoms with van der Waals surface area (Å²) >= 11 is 0. The maximum atomic E-state index is 12.5. The van der Waals surface area contributed by atoms with E-state index >= 15 is 0 Å². The quantitative estimate of drug-likeness (QED) is 0.0321. The molecule has 0 aromatic rings. The van der Waals surface area contributed by atoms with Gasteiger partial charge in [0.15, 0.2) is 0 Å². The molecule has 6 nitrogen and oxygen atoms in total. The standard InChI is InChI=1S/C58H107NO5/c1-3-5-7-9-11-13-15-17-19-21-22-23-24-26-30-34-38-42-46-50-56(61)55(54-60)59-57(62)51-47-43-39-35-31-28-29-33-37-41-45-49-53-64-58(63)52-48-44-40-36-32-27-25-20-18-16-14-12-10-8-6-4-2/h14,16,20,25,29,33,46,50,55-56,60-61H,3-13,15,17-19,21-24,26-28,30-32,34-45,47-49,51-54H2,1-2H3,(H,59,62)/b16-14-,25-20-,33-29-,50-46+. The third-order valence-electron chi connectivity index (χ3n) is 12.6. The Morgan fingerprint density at radius 1 is 0.438 bits per heavy atom. The average molecular weight is 898 g/mol. The minimum atomic E-state index is -0.863. The van der Waals surface area contributed by atoms with Crippen LogP contribution in [0.15, 0.2) is 48.6 Å². The number of nitrogens with one attached hydrogen (secondary N) is 1. The maximum absolute atomic E-state index is 12.5. The van der Waals surface area contributed by atoms with Crippen LogP contribution < -0.4 is 5.32 Å². The molecule has 0 aromatic heterocycles. The van der Waals surface area contributed by atoms with Crippen LogP contribution in [0.3, 0.4) is 0 Å². The number of rotatable bonds is 51. The van der Waals surface area contributed by atoms with Gasteiger partial charge in [-0.3, -0.25) is 9.59 Å². The Morgan fingerprint density at radius 3 is 1.22 bits per heavy atom. The first kappa shape index (κ1) is 61.8. The van der Waals surface area contributed by atoms with Crippen molar-refractivity contribution in [1.29, 1.82) is 0 Å². The van der Waals surface area contributed by atoms with Gasteiger partial charge in [0.05, 0.1) is 25.4 Å². The van der Waals surface area contributed by atoms with Gasteiger partial charge in [-0.2, -0.15) is 0 Å². The van der Waals surface area contributed by atoms with Crippen LogP contribution in [0.2, 0.25) is 0 Å². The summed E-state index contributed by atoms with van der Waals surface area (Å²) in [5, 5.41) is 23.1. The highest BCUT2D eigenvalue weighted by atomic mass is 16.5. The number of carbonyl (C=O) groups excluding carboxylic acids is 2. The van der Waals surface area contributed by atoms with Crippen molar-refractivity contribution in [2.75, 3.05) is 13.2 Å². The first-order valence-corrected chi connectivity index (χ1v) is 27.9. The average Bonchev–Trinajstić information content (AvgIpc) is 3.29. The summed E-state index contributed by atoms with van der Waals surface area (Å²) in [6, 6.07) is -0.649. The van der Waals surface area contributed by atoms with Gasteiger partial charge in [-0.1, -0.05) is 223 Å². The van der Waals surface area contributed by atoms with E-state index in [1.54, 1.807) is 6.08 Å². The number of unbranched alkanes of at least 4 members (excludes halogenated alkanes) is 34. The van der Waals surface area contributed by atoms with Crippen LogP contribution in [-0.2, 0) is 14.3 Å². The number of amides is 1. The molecule has 0 radical (unpaired) electrons. The second-order valence-corrected chi connectivity index (χ2v) is 18.9. The Kier molecular flexibility index (Phi) is 51.6. The molecular weight excluding hydrogens is 791 g/mol. The number of hydrogen-bond donors (Lipinski definition) is 3. The number of allylic oxidation sites excluding steroid dienone is 7. The van der Waals surface area contributed by atoms with Crippen molar-refractivity contribution in [3.05, 3.63) is 48.6 Å². The summed E-state index contributed by atoms with van der Waals surface area (Å²) in [4.78, 5) is 24.5. The van der Waals surface area contributed by atoms with Gasteiger partial charge in [-0.15, -0.1) is 0 Å². The molecule has 374 valence electrons. The van der Waals surface area contributed by atoms with E-state index in [1.165, 1.54) is 154 Å². The molecule has 0 aromatic carbocycles. The predicted molar refractivity (Wildman–Crippen MR) is 278 cm³/mol. The fraction of sp³-hybridized carbons (Fsp3) is 0.828. The van der Waals surface area contributed by atoms with E-state index in [0.29, 0.717) is 19.4 Å². The summed E-state index contributed by atoms with van der Waals surface area (Å²) in [5.74, 6) is -0.132. The summed E-state index contributed by atoms with van der Waals surface area (Å²) in [7, 11) is 0. The van der Waals surface area contributed by atoms with Crippen molar-refractivity contribution in [2.24, 2.45) is 0 Å². The van der Waals surface area contributed by atoms with Gasteiger partial charge < -0.3 is 20.3 Å². The zero-order valence-corrected chi connectivity index (χ0v) is 42.5. The first-order chi connectivity index (χ1) is 31.5. The van der Waals surface area contributed by atoms with Crippen LogP contribution in [0, 0.1) is 0 Å². The normalized spacial score (nSPS) is 13.0. The molecule has 0 aliphatic rings. The Hall–Kier alpha value is -2.18. The zero-order valence-electron chi connectivity index (χ0n) is 42.5. The molecule has 6 heteroatoms. The molecule has 64 heavy (non-hydrogen) atoms. The molecule has 0 heterocycles. The van der Waals surface area contributed by atoms with Gasteiger partial charge in [-0.05, 0) is 96.3 Å². The smallest absolute Gasteiger partial charge is 0.305 e. The molecule has 2 unspecified atom stereocenters. The molecule has 0 aliphatic heterocycles. The van der Waals surface area contributed by atoms with Gasteiger partial charge in [0.2, 0.25) is 5.91 Å². The largest absolute Gasteiger partial charge is 0.466 e. The van der Waals surface area contributed by atoms with Crippen LogP contribution in [-0.4, -0.2) is 47.4 Å². The third kappa shape index (κ3) is 49.3. The maximum Gasteiger partial charge on any atom is 0.305 e. The summed E-state index contributed by atoms with van der Waals surface area (Å²) in [6.45, 7) is 4.82. The van der Waals surface area contributed by atoms with E-state index in [9.17, 15) is 19.8 Å². The lowest BCUT2D eigenvalue weighted by Crippen LogP contribution is -2.45. The lowest BCUT2D eigenvalue weighted by atomic mass is 10.0. The van der Waals surface area contributed by atoms with Gasteiger partial charge >= 0.3 is 5.97 Å². The second-order valence-electron chi connectivity index (χ2n) is 18.9. The summed E-state index contributed by atoms with van der Waals surface area (Å²) in [5.41, 5.74) is 0. The van der Waals surface area contributed by atoms with Gasteiger partial charge in [0, 0.05) is 12.8 Å². The number of hydrogen-bond acceptors (Lipinski definition) is 5. The molecule has 0 aliphatic carbocycles. The number of ether oxygens (including phenoxy) is 1. The third-order valence-corrected chi connectivity index (χ3v) is 12.6. The number of esters is 1. The van der Waals surface area contributed by atoms with E-state index in [0.717, 1.165) is 103 Å². The van der Waals surface area contributed by atoms with Gasteiger partial charge in [0.1, 0.15) is 0 Å². The Labute approximate surface area is 397 Å². The molecule has 0 bridgehead atoms. The molecule has 0 rings (SSSR count). The Morgan fingerprint density at radius 2 is 0.781 bits per heavy atom. The zero-order chi connectivity index (χ0) is 46.5. The molecule has 0 spiro atoms. The van der Waals surface area contributed by atoms with E-state index in [-0.39, 0.29) is 18.5 Å². The molecule has 1 amide bonds. The minimum absolute atomic E-state index is 0.0382. The van der Waals surface area contributed by atoms with Crippen molar-refractivity contribution < 1.29 is 24.5 Å². The van der Waals surface area contributed by atoms with Gasteiger partial charge in [0.25, 0.3) is 0 Å². The lowest BCUT2D eigenvalue weighted by Gasteiger charge is -2.20. The Bertz CT molecular complexity index is 1080. The predicted octanol–water partition coefficient (Wildman–Crippen LogP) is 17.0. The van der Waals surface area contributed by atoms with Crippen LogP contribution >= 0.6 is 0 Å². The molecular formula is C58H107NO5. The minimum Gasteiger partial charge on any atom is -0.466 e.